The van der Waals surface area contributed by atoms with Gasteiger partial charge in [-0.15, -0.1) is 0 Å². The molecule has 0 atom stereocenters. The molecule has 8 nitrogen and oxygen atoms in total. The Morgan fingerprint density at radius 1 is 1.24 bits per heavy atom. The Balaban J connectivity index is 2.59. The van der Waals surface area contributed by atoms with E-state index in [9.17, 15) is 18.3 Å². The molecule has 0 heterocycles. The van der Waals surface area contributed by atoms with Crippen molar-refractivity contribution in [3.63, 3.8) is 0 Å². The number of nitrogens with two attached hydrogens (primary N) is 1. The number of methoxy groups -OCH3 is 1. The van der Waals surface area contributed by atoms with E-state index in [1.54, 1.807) is 30.3 Å². The predicted octanol–water partition coefficient (Wildman–Crippen LogP) is 1.88. The van der Waals surface area contributed by atoms with Gasteiger partial charge in [0.05, 0.1) is 17.9 Å². The zero-order chi connectivity index (χ0) is 18.4. The summed E-state index contributed by atoms with van der Waals surface area (Å²) in [6, 6.07) is 10.7. The number of ether oxygens (including phenoxy) is 2. The van der Waals surface area contributed by atoms with Crippen LogP contribution in [0.2, 0.25) is 0 Å². The van der Waals surface area contributed by atoms with Crippen molar-refractivity contribution in [1.82, 2.24) is 0 Å². The Morgan fingerprint density at radius 2 is 1.92 bits per heavy atom. The van der Waals surface area contributed by atoms with Gasteiger partial charge in [0.2, 0.25) is 10.0 Å². The van der Waals surface area contributed by atoms with E-state index in [0.717, 1.165) is 6.07 Å². The normalized spacial score (nSPS) is 11.1. The van der Waals surface area contributed by atoms with E-state index < -0.39 is 20.9 Å². The number of rotatable bonds is 8. The zero-order valence-electron chi connectivity index (χ0n) is 13.4. The first-order valence-corrected chi connectivity index (χ1v) is 8.77. The summed E-state index contributed by atoms with van der Waals surface area (Å²) in [5.41, 5.74) is -0.0471. The number of aromatic carboxylic acids is 1. The molecule has 2 rings (SSSR count). The van der Waals surface area contributed by atoms with Crippen LogP contribution < -0.4 is 15.2 Å². The number of carbonyl (C=O) groups is 1. The third kappa shape index (κ3) is 4.92. The van der Waals surface area contributed by atoms with E-state index in [4.69, 9.17) is 14.6 Å². The highest BCUT2D eigenvalue weighted by Gasteiger charge is 2.23. The van der Waals surface area contributed by atoms with Crippen LogP contribution in [0, 0.1) is 0 Å². The molecular formula is C16H18N2O6S. The number of carboxylic acids is 1. The number of primary sulfonamides is 1. The van der Waals surface area contributed by atoms with Crippen LogP contribution in [0.5, 0.6) is 11.5 Å². The minimum absolute atomic E-state index is 0.0743. The maximum Gasteiger partial charge on any atom is 0.335 e. The minimum Gasteiger partial charge on any atom is -0.478 e. The molecule has 0 aliphatic rings. The van der Waals surface area contributed by atoms with E-state index in [0.29, 0.717) is 18.9 Å². The smallest absolute Gasteiger partial charge is 0.335 e. The number of hydrogen-bond acceptors (Lipinski definition) is 6. The molecule has 0 aromatic heterocycles. The number of anilines is 1. The summed E-state index contributed by atoms with van der Waals surface area (Å²) in [7, 11) is -2.72. The highest BCUT2D eigenvalue weighted by Crippen LogP contribution is 2.37. The Kier molecular flexibility index (Phi) is 5.97. The van der Waals surface area contributed by atoms with Crippen molar-refractivity contribution in [1.29, 1.82) is 0 Å². The number of carboxylic acid groups (broad SMARTS) is 1. The number of para-hydroxylation sites is 1. The molecule has 0 fully saturated rings. The summed E-state index contributed by atoms with van der Waals surface area (Å²) in [5.74, 6) is -0.981. The summed E-state index contributed by atoms with van der Waals surface area (Å²) in [6.45, 7) is 0.640. The van der Waals surface area contributed by atoms with Crippen LogP contribution in [-0.2, 0) is 14.8 Å². The summed E-state index contributed by atoms with van der Waals surface area (Å²) in [6.07, 6.45) is 0. The van der Waals surface area contributed by atoms with Crippen LogP contribution in [-0.4, -0.2) is 39.8 Å². The van der Waals surface area contributed by atoms with Crippen molar-refractivity contribution < 1.29 is 27.8 Å². The highest BCUT2D eigenvalue weighted by molar-refractivity contribution is 7.89. The molecule has 0 aliphatic heterocycles. The molecule has 2 aromatic carbocycles. The molecule has 0 radical (unpaired) electrons. The van der Waals surface area contributed by atoms with Gasteiger partial charge < -0.3 is 19.9 Å². The number of nitrogens with one attached hydrogen (secondary N) is 1. The van der Waals surface area contributed by atoms with E-state index in [-0.39, 0.29) is 17.0 Å². The molecule has 0 bridgehead atoms. The van der Waals surface area contributed by atoms with Crippen molar-refractivity contribution in [3.8, 4) is 11.5 Å². The lowest BCUT2D eigenvalue weighted by Gasteiger charge is -2.17. The number of hydrogen-bond donors (Lipinski definition) is 3. The third-order valence-electron chi connectivity index (χ3n) is 3.19. The van der Waals surface area contributed by atoms with Gasteiger partial charge in [0.15, 0.2) is 5.75 Å². The van der Waals surface area contributed by atoms with Gasteiger partial charge in [0.25, 0.3) is 0 Å². The number of benzene rings is 2. The molecule has 9 heteroatoms. The third-order valence-corrected chi connectivity index (χ3v) is 4.11. The molecule has 0 amide bonds. The summed E-state index contributed by atoms with van der Waals surface area (Å²) >= 11 is 0. The van der Waals surface area contributed by atoms with Crippen molar-refractivity contribution >= 4 is 21.7 Å². The Morgan fingerprint density at radius 3 is 2.48 bits per heavy atom. The lowest BCUT2D eigenvalue weighted by molar-refractivity contribution is 0.0696. The first-order chi connectivity index (χ1) is 11.8. The molecule has 0 saturated heterocycles. The minimum atomic E-state index is -4.22. The van der Waals surface area contributed by atoms with Gasteiger partial charge in [0.1, 0.15) is 10.6 Å². The topological polar surface area (TPSA) is 128 Å². The van der Waals surface area contributed by atoms with E-state index >= 15 is 0 Å². The average Bonchev–Trinajstić information content (AvgIpc) is 2.56. The first-order valence-electron chi connectivity index (χ1n) is 7.22. The summed E-state index contributed by atoms with van der Waals surface area (Å²) in [4.78, 5) is 10.9. The maximum atomic E-state index is 12.0. The van der Waals surface area contributed by atoms with E-state index in [1.165, 1.54) is 13.2 Å². The second kappa shape index (κ2) is 7.97. The van der Waals surface area contributed by atoms with Gasteiger partial charge in [0, 0.05) is 13.7 Å². The van der Waals surface area contributed by atoms with Gasteiger partial charge in [-0.25, -0.2) is 18.4 Å². The van der Waals surface area contributed by atoms with Crippen molar-refractivity contribution in [3.05, 3.63) is 48.0 Å². The Labute approximate surface area is 145 Å². The second-order valence-corrected chi connectivity index (χ2v) is 6.57. The van der Waals surface area contributed by atoms with Crippen molar-refractivity contribution in [2.75, 3.05) is 25.6 Å². The average molecular weight is 366 g/mol. The SMILES string of the molecule is COCCNc1cc(C(=O)O)cc(S(N)(=O)=O)c1Oc1ccccc1. The largest absolute Gasteiger partial charge is 0.478 e. The van der Waals surface area contributed by atoms with Crippen LogP contribution >= 0.6 is 0 Å². The quantitative estimate of drug-likeness (QED) is 0.609. The van der Waals surface area contributed by atoms with Gasteiger partial charge in [-0.2, -0.15) is 0 Å². The maximum absolute atomic E-state index is 12.0. The second-order valence-electron chi connectivity index (χ2n) is 5.04. The van der Waals surface area contributed by atoms with Gasteiger partial charge >= 0.3 is 5.97 Å². The summed E-state index contributed by atoms with van der Waals surface area (Å²) < 4.78 is 34.5. The highest BCUT2D eigenvalue weighted by atomic mass is 32.2. The van der Waals surface area contributed by atoms with Crippen LogP contribution in [0.4, 0.5) is 5.69 Å². The van der Waals surface area contributed by atoms with E-state index in [1.807, 2.05) is 0 Å². The van der Waals surface area contributed by atoms with Gasteiger partial charge in [-0.3, -0.25) is 0 Å². The molecule has 2 aromatic rings. The van der Waals surface area contributed by atoms with Crippen LogP contribution in [0.3, 0.4) is 0 Å². The van der Waals surface area contributed by atoms with Crippen molar-refractivity contribution in [2.24, 2.45) is 5.14 Å². The fourth-order valence-corrected chi connectivity index (χ4v) is 2.77. The molecule has 0 unspecified atom stereocenters. The molecule has 25 heavy (non-hydrogen) atoms. The fraction of sp³-hybridized carbons (Fsp3) is 0.188. The fourth-order valence-electron chi connectivity index (χ4n) is 2.07. The molecule has 0 saturated carbocycles. The lowest BCUT2D eigenvalue weighted by atomic mass is 10.2. The van der Waals surface area contributed by atoms with Crippen molar-refractivity contribution in [2.45, 2.75) is 4.90 Å². The zero-order valence-corrected chi connectivity index (χ0v) is 14.2. The number of sulfonamides is 1. The van der Waals surface area contributed by atoms with E-state index in [2.05, 4.69) is 5.32 Å². The molecular weight excluding hydrogens is 348 g/mol. The van der Waals surface area contributed by atoms with Gasteiger partial charge in [-0.05, 0) is 24.3 Å². The predicted molar refractivity (Wildman–Crippen MR) is 91.7 cm³/mol. The van der Waals surface area contributed by atoms with Crippen LogP contribution in [0.1, 0.15) is 10.4 Å². The van der Waals surface area contributed by atoms with Gasteiger partial charge in [-0.1, -0.05) is 18.2 Å². The molecule has 4 N–H and O–H groups in total. The molecule has 0 spiro atoms. The Bertz CT molecular complexity index is 852. The van der Waals surface area contributed by atoms with Crippen LogP contribution in [0.15, 0.2) is 47.4 Å². The first kappa shape index (κ1) is 18.7. The molecule has 134 valence electrons. The monoisotopic (exact) mass is 366 g/mol. The molecule has 0 aliphatic carbocycles. The lowest BCUT2D eigenvalue weighted by Crippen LogP contribution is -2.17. The standard InChI is InChI=1S/C16H18N2O6S/c1-23-8-7-18-13-9-11(16(19)20)10-14(25(17,21)22)15(13)24-12-5-3-2-4-6-12/h2-6,9-10,18H,7-8H2,1H3,(H,19,20)(H2,17,21,22). The summed E-state index contributed by atoms with van der Waals surface area (Å²) in [5, 5.41) is 17.4. The van der Waals surface area contributed by atoms with Crippen LogP contribution in [0.25, 0.3) is 0 Å². The Hall–Kier alpha value is -2.62.